The molecule has 0 spiro atoms. The van der Waals surface area contributed by atoms with Crippen molar-refractivity contribution < 1.29 is 18.3 Å². The van der Waals surface area contributed by atoms with Gasteiger partial charge in [-0.25, -0.2) is 13.8 Å². The molecule has 1 atom stereocenters. The van der Waals surface area contributed by atoms with Crippen LogP contribution in [0.1, 0.15) is 36.5 Å². The van der Waals surface area contributed by atoms with Crippen LogP contribution in [0.3, 0.4) is 0 Å². The standard InChI is InChI=1S/C20H27F2N3O2/c1-5-23-19(24-9-8-15-11-16(21)6-7-18(15)22)25-12-20(4,26)17-10-13(2)27-14(17)3/h6-7,10-11,26H,5,8-9,12H2,1-4H3,(H2,23,24,25). The zero-order valence-corrected chi connectivity index (χ0v) is 16.2. The van der Waals surface area contributed by atoms with Crippen LogP contribution < -0.4 is 10.6 Å². The molecular formula is C20H27F2N3O2. The van der Waals surface area contributed by atoms with Crippen LogP contribution in [-0.2, 0) is 12.0 Å². The molecule has 1 aromatic heterocycles. The first-order chi connectivity index (χ1) is 12.7. The highest BCUT2D eigenvalue weighted by atomic mass is 19.1. The van der Waals surface area contributed by atoms with Gasteiger partial charge in [-0.1, -0.05) is 0 Å². The van der Waals surface area contributed by atoms with Gasteiger partial charge in [0.1, 0.15) is 28.8 Å². The summed E-state index contributed by atoms with van der Waals surface area (Å²) in [5, 5.41) is 16.9. The van der Waals surface area contributed by atoms with Crippen molar-refractivity contribution in [1.29, 1.82) is 0 Å². The fraction of sp³-hybridized carbons (Fsp3) is 0.450. The molecule has 0 aliphatic carbocycles. The molecule has 1 aromatic carbocycles. The summed E-state index contributed by atoms with van der Waals surface area (Å²) in [7, 11) is 0. The van der Waals surface area contributed by atoms with E-state index in [1.165, 1.54) is 6.07 Å². The van der Waals surface area contributed by atoms with E-state index in [1.54, 1.807) is 19.9 Å². The Balaban J connectivity index is 2.01. The van der Waals surface area contributed by atoms with E-state index in [0.29, 0.717) is 42.4 Å². The number of guanidine groups is 1. The fourth-order valence-corrected chi connectivity index (χ4v) is 2.88. The van der Waals surface area contributed by atoms with Crippen molar-refractivity contribution in [1.82, 2.24) is 10.6 Å². The van der Waals surface area contributed by atoms with Crippen LogP contribution in [0, 0.1) is 25.5 Å². The van der Waals surface area contributed by atoms with E-state index in [1.807, 2.05) is 13.8 Å². The van der Waals surface area contributed by atoms with E-state index in [2.05, 4.69) is 15.6 Å². The molecule has 0 aliphatic heterocycles. The molecule has 0 fully saturated rings. The van der Waals surface area contributed by atoms with Gasteiger partial charge in [0.05, 0.1) is 6.54 Å². The van der Waals surface area contributed by atoms with Gasteiger partial charge in [0.15, 0.2) is 5.96 Å². The molecule has 0 radical (unpaired) electrons. The Hall–Kier alpha value is -2.41. The first kappa shape index (κ1) is 20.9. The summed E-state index contributed by atoms with van der Waals surface area (Å²) in [6, 6.07) is 5.21. The normalized spacial score (nSPS) is 14.1. The van der Waals surface area contributed by atoms with E-state index < -0.39 is 17.2 Å². The third-order valence-corrected chi connectivity index (χ3v) is 4.21. The number of aryl methyl sites for hydroxylation is 2. The number of nitrogens with one attached hydrogen (secondary N) is 2. The van der Waals surface area contributed by atoms with Crippen LogP contribution in [0.5, 0.6) is 0 Å². The van der Waals surface area contributed by atoms with Crippen molar-refractivity contribution in [3.8, 4) is 0 Å². The zero-order chi connectivity index (χ0) is 20.0. The maximum absolute atomic E-state index is 13.7. The van der Waals surface area contributed by atoms with Crippen LogP contribution in [0.25, 0.3) is 0 Å². The Labute approximate surface area is 158 Å². The maximum Gasteiger partial charge on any atom is 0.191 e. The molecular weight excluding hydrogens is 352 g/mol. The van der Waals surface area contributed by atoms with Crippen LogP contribution in [0.2, 0.25) is 0 Å². The van der Waals surface area contributed by atoms with E-state index in [4.69, 9.17) is 4.42 Å². The van der Waals surface area contributed by atoms with E-state index in [9.17, 15) is 13.9 Å². The summed E-state index contributed by atoms with van der Waals surface area (Å²) in [6.07, 6.45) is 0.310. The fourth-order valence-electron chi connectivity index (χ4n) is 2.88. The van der Waals surface area contributed by atoms with Gasteiger partial charge >= 0.3 is 0 Å². The average molecular weight is 379 g/mol. The largest absolute Gasteiger partial charge is 0.466 e. The second kappa shape index (κ2) is 8.99. The maximum atomic E-state index is 13.7. The Kier molecular flexibility index (Phi) is 6.96. The van der Waals surface area contributed by atoms with Crippen molar-refractivity contribution >= 4 is 5.96 Å². The number of rotatable bonds is 7. The molecule has 5 nitrogen and oxygen atoms in total. The lowest BCUT2D eigenvalue weighted by atomic mass is 9.96. The van der Waals surface area contributed by atoms with Crippen molar-refractivity contribution in [2.75, 3.05) is 19.6 Å². The molecule has 148 valence electrons. The highest BCUT2D eigenvalue weighted by molar-refractivity contribution is 5.79. The number of nitrogens with zero attached hydrogens (tertiary/aromatic N) is 1. The molecule has 0 saturated heterocycles. The minimum atomic E-state index is -1.18. The summed E-state index contributed by atoms with van der Waals surface area (Å²) in [5.41, 5.74) is -0.185. The number of furan rings is 1. The topological polar surface area (TPSA) is 69.8 Å². The van der Waals surface area contributed by atoms with Gasteiger partial charge in [-0.05, 0) is 63.9 Å². The monoisotopic (exact) mass is 379 g/mol. The third-order valence-electron chi connectivity index (χ3n) is 4.21. The van der Waals surface area contributed by atoms with Gasteiger partial charge in [-0.2, -0.15) is 0 Å². The van der Waals surface area contributed by atoms with Crippen molar-refractivity contribution in [3.05, 3.63) is 58.5 Å². The van der Waals surface area contributed by atoms with Crippen LogP contribution >= 0.6 is 0 Å². The SMILES string of the molecule is CCNC(=NCC(C)(O)c1cc(C)oc1C)NCCc1cc(F)ccc1F. The summed E-state index contributed by atoms with van der Waals surface area (Å²) in [5.74, 6) is 0.983. The Morgan fingerprint density at radius 3 is 2.59 bits per heavy atom. The van der Waals surface area contributed by atoms with Crippen LogP contribution in [0.15, 0.2) is 33.7 Å². The number of halogens is 2. The minimum Gasteiger partial charge on any atom is -0.466 e. The van der Waals surface area contributed by atoms with Gasteiger partial charge < -0.3 is 20.2 Å². The number of aliphatic hydroxyl groups is 1. The first-order valence-electron chi connectivity index (χ1n) is 8.99. The summed E-state index contributed by atoms with van der Waals surface area (Å²) in [6.45, 7) is 8.36. The Bertz CT molecular complexity index is 801. The summed E-state index contributed by atoms with van der Waals surface area (Å²) >= 11 is 0. The number of hydrogen-bond donors (Lipinski definition) is 3. The molecule has 27 heavy (non-hydrogen) atoms. The number of aliphatic imine (C=N–C) groups is 1. The predicted molar refractivity (Wildman–Crippen MR) is 102 cm³/mol. The molecule has 1 unspecified atom stereocenters. The van der Waals surface area contributed by atoms with Gasteiger partial charge in [-0.15, -0.1) is 0 Å². The van der Waals surface area contributed by atoms with E-state index in [0.717, 1.165) is 17.9 Å². The summed E-state index contributed by atoms with van der Waals surface area (Å²) < 4.78 is 32.4. The molecule has 0 bridgehead atoms. The Morgan fingerprint density at radius 2 is 1.96 bits per heavy atom. The third kappa shape index (κ3) is 5.79. The van der Waals surface area contributed by atoms with Crippen LogP contribution in [-0.4, -0.2) is 30.7 Å². The number of hydrogen-bond acceptors (Lipinski definition) is 3. The minimum absolute atomic E-state index is 0.122. The highest BCUT2D eigenvalue weighted by Gasteiger charge is 2.27. The van der Waals surface area contributed by atoms with Crippen molar-refractivity contribution in [3.63, 3.8) is 0 Å². The second-order valence-electron chi connectivity index (χ2n) is 6.71. The zero-order valence-electron chi connectivity index (χ0n) is 16.2. The lowest BCUT2D eigenvalue weighted by Gasteiger charge is -2.21. The van der Waals surface area contributed by atoms with E-state index in [-0.39, 0.29) is 6.54 Å². The van der Waals surface area contributed by atoms with Gasteiger partial charge in [0, 0.05) is 18.7 Å². The van der Waals surface area contributed by atoms with Crippen LogP contribution in [0.4, 0.5) is 8.78 Å². The predicted octanol–water partition coefficient (Wildman–Crippen LogP) is 3.18. The molecule has 0 aliphatic rings. The van der Waals surface area contributed by atoms with Gasteiger partial charge in [-0.3, -0.25) is 0 Å². The quantitative estimate of drug-likeness (QED) is 0.511. The second-order valence-corrected chi connectivity index (χ2v) is 6.71. The molecule has 7 heteroatoms. The first-order valence-corrected chi connectivity index (χ1v) is 8.99. The lowest BCUT2D eigenvalue weighted by Crippen LogP contribution is -2.39. The summed E-state index contributed by atoms with van der Waals surface area (Å²) in [4.78, 5) is 4.42. The molecule has 3 N–H and O–H groups in total. The van der Waals surface area contributed by atoms with Gasteiger partial charge in [0.2, 0.25) is 0 Å². The van der Waals surface area contributed by atoms with E-state index >= 15 is 0 Å². The average Bonchev–Trinajstić information content (AvgIpc) is 2.95. The molecule has 0 saturated carbocycles. The lowest BCUT2D eigenvalue weighted by molar-refractivity contribution is 0.0657. The molecule has 2 aromatic rings. The smallest absolute Gasteiger partial charge is 0.191 e. The molecule has 0 amide bonds. The van der Waals surface area contributed by atoms with Crippen molar-refractivity contribution in [2.24, 2.45) is 4.99 Å². The molecule has 1 heterocycles. The Morgan fingerprint density at radius 1 is 1.22 bits per heavy atom. The van der Waals surface area contributed by atoms with Crippen molar-refractivity contribution in [2.45, 2.75) is 39.7 Å². The molecule has 2 rings (SSSR count). The number of benzene rings is 1. The van der Waals surface area contributed by atoms with Gasteiger partial charge in [0.25, 0.3) is 0 Å². The highest BCUT2D eigenvalue weighted by Crippen LogP contribution is 2.27.